The van der Waals surface area contributed by atoms with Gasteiger partial charge in [-0.1, -0.05) is 30.3 Å². The molecular weight excluding hydrogens is 178 g/mol. The van der Waals surface area contributed by atoms with E-state index in [1.807, 2.05) is 44.2 Å². The van der Waals surface area contributed by atoms with Gasteiger partial charge in [-0.2, -0.15) is 4.99 Å². The summed E-state index contributed by atoms with van der Waals surface area (Å²) in [6.45, 7) is 3.67. The normalized spacial score (nSPS) is 19.0. The lowest BCUT2D eigenvalue weighted by Crippen LogP contribution is -2.30. The molecule has 1 aromatic carbocycles. The first-order valence-corrected chi connectivity index (χ1v) is 4.47. The summed E-state index contributed by atoms with van der Waals surface area (Å²) < 4.78 is 5.07. The van der Waals surface area contributed by atoms with E-state index >= 15 is 0 Å². The Hall–Kier alpha value is -1.64. The molecule has 0 radical (unpaired) electrons. The van der Waals surface area contributed by atoms with Crippen molar-refractivity contribution >= 4 is 11.8 Å². The number of amides is 1. The zero-order valence-corrected chi connectivity index (χ0v) is 8.15. The van der Waals surface area contributed by atoms with Gasteiger partial charge in [0.15, 0.2) is 5.60 Å². The third kappa shape index (κ3) is 1.41. The summed E-state index contributed by atoms with van der Waals surface area (Å²) in [5.74, 6) is 0. The van der Waals surface area contributed by atoms with Crippen LogP contribution >= 0.6 is 0 Å². The lowest BCUT2D eigenvalue weighted by Gasteiger charge is -2.18. The molecule has 0 spiro atoms. The molecule has 0 unspecified atom stereocenters. The largest absolute Gasteiger partial charge is 0.435 e. The molecule has 1 aromatic rings. The minimum atomic E-state index is -0.613. The number of aliphatic imine (C=N–C) groups is 1. The molecule has 0 aromatic heterocycles. The van der Waals surface area contributed by atoms with E-state index in [1.165, 1.54) is 0 Å². The van der Waals surface area contributed by atoms with E-state index in [9.17, 15) is 4.79 Å². The zero-order chi connectivity index (χ0) is 10.2. The molecule has 0 saturated carbocycles. The third-order valence-corrected chi connectivity index (χ3v) is 2.16. The van der Waals surface area contributed by atoms with Crippen molar-refractivity contribution in [2.24, 2.45) is 4.99 Å². The van der Waals surface area contributed by atoms with Gasteiger partial charge in [0.1, 0.15) is 0 Å². The first-order valence-electron chi connectivity index (χ1n) is 4.47. The molecule has 0 N–H and O–H groups in total. The van der Waals surface area contributed by atoms with E-state index < -0.39 is 11.7 Å². The molecule has 0 bridgehead atoms. The Morgan fingerprint density at radius 2 is 1.86 bits per heavy atom. The van der Waals surface area contributed by atoms with Crippen molar-refractivity contribution < 1.29 is 9.53 Å². The van der Waals surface area contributed by atoms with Gasteiger partial charge in [0.25, 0.3) is 0 Å². The number of cyclic esters (lactones) is 1. The van der Waals surface area contributed by atoms with Crippen LogP contribution < -0.4 is 0 Å². The summed E-state index contributed by atoms with van der Waals surface area (Å²) in [5, 5.41) is 0. The first kappa shape index (κ1) is 8.94. The molecule has 3 heteroatoms. The Labute approximate surface area is 82.4 Å². The summed E-state index contributed by atoms with van der Waals surface area (Å²) >= 11 is 0. The Bertz CT molecular complexity index is 393. The maximum absolute atomic E-state index is 11.0. The van der Waals surface area contributed by atoms with E-state index in [1.54, 1.807) is 0 Å². The summed E-state index contributed by atoms with van der Waals surface area (Å²) in [7, 11) is 0. The van der Waals surface area contributed by atoms with Crippen LogP contribution in [0.5, 0.6) is 0 Å². The molecule has 72 valence electrons. The van der Waals surface area contributed by atoms with Crippen molar-refractivity contribution in [2.75, 3.05) is 0 Å². The molecule has 0 aliphatic carbocycles. The maximum atomic E-state index is 11.0. The molecule has 3 nitrogen and oxygen atoms in total. The van der Waals surface area contributed by atoms with Crippen molar-refractivity contribution in [3.63, 3.8) is 0 Å². The molecule has 1 amide bonds. The quantitative estimate of drug-likeness (QED) is 0.680. The van der Waals surface area contributed by atoms with Crippen molar-refractivity contribution in [3.8, 4) is 0 Å². The van der Waals surface area contributed by atoms with Crippen molar-refractivity contribution in [1.82, 2.24) is 0 Å². The highest BCUT2D eigenvalue weighted by atomic mass is 16.6. The van der Waals surface area contributed by atoms with Crippen LogP contribution in [-0.4, -0.2) is 17.4 Å². The number of hydrogen-bond acceptors (Lipinski definition) is 2. The number of benzene rings is 1. The monoisotopic (exact) mass is 189 g/mol. The third-order valence-electron chi connectivity index (χ3n) is 2.16. The Kier molecular flexibility index (Phi) is 1.88. The minimum absolute atomic E-state index is 0.506. The van der Waals surface area contributed by atoms with Crippen molar-refractivity contribution in [3.05, 3.63) is 35.9 Å². The molecular formula is C11H11NO2. The molecule has 1 aliphatic rings. The highest BCUT2D eigenvalue weighted by Crippen LogP contribution is 2.24. The summed E-state index contributed by atoms with van der Waals surface area (Å²) in [5.41, 5.74) is 1.02. The molecule has 1 heterocycles. The van der Waals surface area contributed by atoms with E-state index in [0.717, 1.165) is 5.56 Å². The Balaban J connectivity index is 2.45. The smallest absolute Gasteiger partial charge is 0.434 e. The molecule has 0 atom stereocenters. The molecule has 0 saturated heterocycles. The molecule has 14 heavy (non-hydrogen) atoms. The number of nitrogens with zero attached hydrogens (tertiary/aromatic N) is 1. The lowest BCUT2D eigenvalue weighted by molar-refractivity contribution is 0.107. The van der Waals surface area contributed by atoms with Crippen LogP contribution in [0.15, 0.2) is 35.3 Å². The van der Waals surface area contributed by atoms with E-state index in [0.29, 0.717) is 5.71 Å². The number of rotatable bonds is 1. The SMILES string of the molecule is CC1(C)OC(=O)N=C1c1ccccc1. The van der Waals surface area contributed by atoms with Crippen LogP contribution in [0.2, 0.25) is 0 Å². The van der Waals surface area contributed by atoms with E-state index in [4.69, 9.17) is 4.74 Å². The summed E-state index contributed by atoms with van der Waals surface area (Å²) in [4.78, 5) is 14.9. The highest BCUT2D eigenvalue weighted by Gasteiger charge is 2.36. The second-order valence-electron chi connectivity index (χ2n) is 3.70. The van der Waals surface area contributed by atoms with Gasteiger partial charge in [0.2, 0.25) is 0 Å². The average Bonchev–Trinajstić information content (AvgIpc) is 2.41. The van der Waals surface area contributed by atoms with Gasteiger partial charge in [0.05, 0.1) is 5.71 Å². The lowest BCUT2D eigenvalue weighted by atomic mass is 9.96. The van der Waals surface area contributed by atoms with Crippen LogP contribution in [0.4, 0.5) is 4.79 Å². The number of carbonyl (C=O) groups excluding carboxylic acids is 1. The van der Waals surface area contributed by atoms with E-state index in [2.05, 4.69) is 4.99 Å². The second-order valence-corrected chi connectivity index (χ2v) is 3.70. The van der Waals surface area contributed by atoms with Crippen molar-refractivity contribution in [1.29, 1.82) is 0 Å². The zero-order valence-electron chi connectivity index (χ0n) is 8.15. The second kappa shape index (κ2) is 2.94. The fourth-order valence-corrected chi connectivity index (χ4v) is 1.52. The van der Waals surface area contributed by atoms with Gasteiger partial charge >= 0.3 is 6.09 Å². The Morgan fingerprint density at radius 3 is 2.36 bits per heavy atom. The van der Waals surface area contributed by atoms with Gasteiger partial charge in [-0.15, -0.1) is 0 Å². The predicted molar refractivity (Wildman–Crippen MR) is 53.5 cm³/mol. The fourth-order valence-electron chi connectivity index (χ4n) is 1.52. The predicted octanol–water partition coefficient (Wildman–Crippen LogP) is 2.40. The number of carbonyl (C=O) groups is 1. The topological polar surface area (TPSA) is 38.7 Å². The van der Waals surface area contributed by atoms with Gasteiger partial charge in [-0.3, -0.25) is 0 Å². The summed E-state index contributed by atoms with van der Waals surface area (Å²) in [6.07, 6.45) is -0.506. The Morgan fingerprint density at radius 1 is 1.21 bits per heavy atom. The fraction of sp³-hybridized carbons (Fsp3) is 0.273. The van der Waals surface area contributed by atoms with Crippen LogP contribution in [0.3, 0.4) is 0 Å². The van der Waals surface area contributed by atoms with Gasteiger partial charge in [0, 0.05) is 5.56 Å². The van der Waals surface area contributed by atoms with Gasteiger partial charge < -0.3 is 4.74 Å². The maximum Gasteiger partial charge on any atom is 0.434 e. The van der Waals surface area contributed by atoms with Crippen LogP contribution in [0, 0.1) is 0 Å². The number of ether oxygens (including phenoxy) is 1. The minimum Gasteiger partial charge on any atom is -0.435 e. The van der Waals surface area contributed by atoms with Crippen LogP contribution in [0.25, 0.3) is 0 Å². The molecule has 1 aliphatic heterocycles. The van der Waals surface area contributed by atoms with E-state index in [-0.39, 0.29) is 0 Å². The van der Waals surface area contributed by atoms with Crippen LogP contribution in [-0.2, 0) is 4.74 Å². The van der Waals surface area contributed by atoms with Gasteiger partial charge in [-0.25, -0.2) is 4.79 Å². The first-order chi connectivity index (χ1) is 6.59. The van der Waals surface area contributed by atoms with Gasteiger partial charge in [-0.05, 0) is 13.8 Å². The standard InChI is InChI=1S/C11H11NO2/c1-11(2)9(12-10(13)14-11)8-6-4-3-5-7-8/h3-7H,1-2H3. The average molecular weight is 189 g/mol. The molecule has 0 fully saturated rings. The summed E-state index contributed by atoms with van der Waals surface area (Å²) in [6, 6.07) is 9.59. The highest BCUT2D eigenvalue weighted by molar-refractivity contribution is 6.13. The number of hydrogen-bond donors (Lipinski definition) is 0. The molecule has 2 rings (SSSR count). The van der Waals surface area contributed by atoms with Crippen molar-refractivity contribution in [2.45, 2.75) is 19.4 Å². The van der Waals surface area contributed by atoms with Crippen LogP contribution in [0.1, 0.15) is 19.4 Å².